The number of nitrogens with one attached hydrogen (secondary N) is 1. The molecule has 108 valence electrons. The fraction of sp³-hybridized carbons (Fsp3) is 0.625. The van der Waals surface area contributed by atoms with E-state index in [0.29, 0.717) is 6.04 Å². The van der Waals surface area contributed by atoms with Gasteiger partial charge in [-0.15, -0.1) is 0 Å². The van der Waals surface area contributed by atoms with Crippen molar-refractivity contribution >= 4 is 0 Å². The van der Waals surface area contributed by atoms with Crippen molar-refractivity contribution in [2.24, 2.45) is 0 Å². The molecule has 0 bridgehead atoms. The normalized spacial score (nSPS) is 12.7. The third-order valence-electron chi connectivity index (χ3n) is 3.60. The second-order valence-electron chi connectivity index (χ2n) is 4.80. The van der Waals surface area contributed by atoms with Gasteiger partial charge in [0.15, 0.2) is 0 Å². The van der Waals surface area contributed by atoms with Gasteiger partial charge in [-0.2, -0.15) is 0 Å². The zero-order chi connectivity index (χ0) is 14.1. The van der Waals surface area contributed by atoms with Crippen molar-refractivity contribution in [1.82, 2.24) is 10.2 Å². The van der Waals surface area contributed by atoms with Gasteiger partial charge in [0.1, 0.15) is 5.75 Å². The molecule has 0 aliphatic rings. The molecule has 1 rings (SSSR count). The molecule has 0 fully saturated rings. The Balaban J connectivity index is 2.37. The lowest BCUT2D eigenvalue weighted by Gasteiger charge is -2.20. The van der Waals surface area contributed by atoms with Gasteiger partial charge in [0.25, 0.3) is 0 Å². The Labute approximate surface area is 118 Å². The van der Waals surface area contributed by atoms with Crippen molar-refractivity contribution in [2.75, 3.05) is 33.3 Å². The molecule has 1 aromatic carbocycles. The van der Waals surface area contributed by atoms with Gasteiger partial charge in [-0.05, 0) is 45.6 Å². The average molecular weight is 264 g/mol. The first-order valence-corrected chi connectivity index (χ1v) is 7.31. The summed E-state index contributed by atoms with van der Waals surface area (Å²) in [4.78, 5) is 2.45. The van der Waals surface area contributed by atoms with E-state index in [4.69, 9.17) is 4.74 Å². The van der Waals surface area contributed by atoms with Crippen LogP contribution in [0.4, 0.5) is 0 Å². The van der Waals surface area contributed by atoms with Crippen LogP contribution in [0, 0.1) is 0 Å². The Morgan fingerprint density at radius 1 is 1.21 bits per heavy atom. The quantitative estimate of drug-likeness (QED) is 0.694. The largest absolute Gasteiger partial charge is 0.496 e. The number of methoxy groups -OCH3 is 1. The molecule has 1 aromatic rings. The van der Waals surface area contributed by atoms with Crippen molar-refractivity contribution in [3.63, 3.8) is 0 Å². The van der Waals surface area contributed by atoms with E-state index in [0.717, 1.165) is 25.4 Å². The minimum absolute atomic E-state index is 0.327. The number of para-hydroxylation sites is 1. The fourth-order valence-corrected chi connectivity index (χ4v) is 2.30. The van der Waals surface area contributed by atoms with Gasteiger partial charge in [-0.25, -0.2) is 0 Å². The highest BCUT2D eigenvalue weighted by atomic mass is 16.5. The van der Waals surface area contributed by atoms with Crippen LogP contribution in [0.1, 0.15) is 38.8 Å². The van der Waals surface area contributed by atoms with Gasteiger partial charge in [0, 0.05) is 11.6 Å². The molecule has 0 aliphatic carbocycles. The SMILES string of the molecule is CCN(CC)CCCNC(C)c1ccccc1OC. The van der Waals surface area contributed by atoms with Crippen molar-refractivity contribution in [3.05, 3.63) is 29.8 Å². The van der Waals surface area contributed by atoms with Gasteiger partial charge in [0.05, 0.1) is 7.11 Å². The Morgan fingerprint density at radius 2 is 1.89 bits per heavy atom. The zero-order valence-corrected chi connectivity index (χ0v) is 12.8. The highest BCUT2D eigenvalue weighted by Gasteiger charge is 2.09. The number of benzene rings is 1. The monoisotopic (exact) mass is 264 g/mol. The topological polar surface area (TPSA) is 24.5 Å². The summed E-state index contributed by atoms with van der Waals surface area (Å²) >= 11 is 0. The summed E-state index contributed by atoms with van der Waals surface area (Å²) in [6, 6.07) is 8.54. The second kappa shape index (κ2) is 8.94. The first kappa shape index (κ1) is 16.0. The highest BCUT2D eigenvalue weighted by molar-refractivity contribution is 5.35. The summed E-state index contributed by atoms with van der Waals surface area (Å²) in [6.45, 7) is 11.1. The lowest BCUT2D eigenvalue weighted by atomic mass is 10.1. The minimum Gasteiger partial charge on any atom is -0.496 e. The van der Waals surface area contributed by atoms with E-state index in [9.17, 15) is 0 Å². The average Bonchev–Trinajstić information content (AvgIpc) is 2.47. The van der Waals surface area contributed by atoms with Gasteiger partial charge in [0.2, 0.25) is 0 Å². The van der Waals surface area contributed by atoms with Gasteiger partial charge in [-0.3, -0.25) is 0 Å². The van der Waals surface area contributed by atoms with Crippen molar-refractivity contribution in [3.8, 4) is 5.75 Å². The first-order chi connectivity index (χ1) is 9.22. The molecule has 0 aliphatic heterocycles. The lowest BCUT2D eigenvalue weighted by molar-refractivity contribution is 0.296. The number of rotatable bonds is 9. The first-order valence-electron chi connectivity index (χ1n) is 7.31. The second-order valence-corrected chi connectivity index (χ2v) is 4.80. The van der Waals surface area contributed by atoms with Crippen LogP contribution in [-0.4, -0.2) is 38.2 Å². The molecule has 19 heavy (non-hydrogen) atoms. The van der Waals surface area contributed by atoms with Crippen molar-refractivity contribution in [1.29, 1.82) is 0 Å². The van der Waals surface area contributed by atoms with Crippen LogP contribution in [0.25, 0.3) is 0 Å². The predicted molar refractivity (Wildman–Crippen MR) is 81.8 cm³/mol. The molecule has 0 radical (unpaired) electrons. The standard InChI is InChI=1S/C16H28N2O/c1-5-18(6-2)13-9-12-17-14(3)15-10-7-8-11-16(15)19-4/h7-8,10-11,14,17H,5-6,9,12-13H2,1-4H3. The van der Waals surface area contributed by atoms with Crippen molar-refractivity contribution < 1.29 is 4.74 Å². The number of nitrogens with zero attached hydrogens (tertiary/aromatic N) is 1. The Bertz CT molecular complexity index is 350. The van der Waals surface area contributed by atoms with Crippen LogP contribution < -0.4 is 10.1 Å². The van der Waals surface area contributed by atoms with Crippen LogP contribution >= 0.6 is 0 Å². The molecular weight excluding hydrogens is 236 g/mol. The third kappa shape index (κ3) is 5.21. The zero-order valence-electron chi connectivity index (χ0n) is 12.8. The lowest BCUT2D eigenvalue weighted by Crippen LogP contribution is -2.28. The van der Waals surface area contributed by atoms with Crippen LogP contribution in [0.3, 0.4) is 0 Å². The van der Waals surface area contributed by atoms with Crippen molar-refractivity contribution in [2.45, 2.75) is 33.2 Å². The molecular formula is C16H28N2O. The molecule has 1 unspecified atom stereocenters. The smallest absolute Gasteiger partial charge is 0.123 e. The van der Waals surface area contributed by atoms with E-state index < -0.39 is 0 Å². The van der Waals surface area contributed by atoms with Gasteiger partial charge in [-0.1, -0.05) is 32.0 Å². The number of ether oxygens (including phenoxy) is 1. The molecule has 3 heteroatoms. The summed E-state index contributed by atoms with van der Waals surface area (Å²) < 4.78 is 5.40. The summed E-state index contributed by atoms with van der Waals surface area (Å²) in [7, 11) is 1.73. The Hall–Kier alpha value is -1.06. The van der Waals surface area contributed by atoms with E-state index in [1.165, 1.54) is 18.5 Å². The summed E-state index contributed by atoms with van der Waals surface area (Å²) in [5.41, 5.74) is 1.23. The molecule has 0 heterocycles. The molecule has 3 nitrogen and oxygen atoms in total. The molecule has 0 saturated heterocycles. The van der Waals surface area contributed by atoms with E-state index in [1.807, 2.05) is 12.1 Å². The van der Waals surface area contributed by atoms with Crippen LogP contribution in [0.2, 0.25) is 0 Å². The Morgan fingerprint density at radius 3 is 2.53 bits per heavy atom. The molecule has 0 amide bonds. The summed E-state index contributed by atoms with van der Waals surface area (Å²) in [6.07, 6.45) is 1.18. The maximum atomic E-state index is 5.40. The molecule has 0 spiro atoms. The van der Waals surface area contributed by atoms with E-state index in [1.54, 1.807) is 7.11 Å². The van der Waals surface area contributed by atoms with E-state index in [2.05, 4.69) is 43.1 Å². The molecule has 0 saturated carbocycles. The van der Waals surface area contributed by atoms with Gasteiger partial charge < -0.3 is 15.0 Å². The third-order valence-corrected chi connectivity index (χ3v) is 3.60. The van der Waals surface area contributed by atoms with Crippen LogP contribution in [0.5, 0.6) is 5.75 Å². The summed E-state index contributed by atoms with van der Waals surface area (Å²) in [5.74, 6) is 0.964. The minimum atomic E-state index is 0.327. The van der Waals surface area contributed by atoms with E-state index >= 15 is 0 Å². The van der Waals surface area contributed by atoms with Gasteiger partial charge >= 0.3 is 0 Å². The van der Waals surface area contributed by atoms with Crippen LogP contribution in [0.15, 0.2) is 24.3 Å². The summed E-state index contributed by atoms with van der Waals surface area (Å²) in [5, 5.41) is 3.57. The number of hydrogen-bond acceptors (Lipinski definition) is 3. The van der Waals surface area contributed by atoms with E-state index in [-0.39, 0.29) is 0 Å². The van der Waals surface area contributed by atoms with Crippen LogP contribution in [-0.2, 0) is 0 Å². The molecule has 1 N–H and O–H groups in total. The number of hydrogen-bond donors (Lipinski definition) is 1. The predicted octanol–water partition coefficient (Wildman–Crippen LogP) is 3.08. The maximum Gasteiger partial charge on any atom is 0.123 e. The molecule has 1 atom stereocenters. The molecule has 0 aromatic heterocycles. The fourth-order valence-electron chi connectivity index (χ4n) is 2.30. The maximum absolute atomic E-state index is 5.40. The Kier molecular flexibility index (Phi) is 7.53. The highest BCUT2D eigenvalue weighted by Crippen LogP contribution is 2.24.